The van der Waals surface area contributed by atoms with Crippen LogP contribution in [0.3, 0.4) is 0 Å². The minimum absolute atomic E-state index is 0.0516. The van der Waals surface area contributed by atoms with Gasteiger partial charge >= 0.3 is 0 Å². The first-order chi connectivity index (χ1) is 12.6. The predicted octanol–water partition coefficient (Wildman–Crippen LogP) is 3.51. The average molecular weight is 379 g/mol. The van der Waals surface area contributed by atoms with E-state index in [4.69, 9.17) is 21.1 Å². The number of methoxy groups -OCH3 is 1. The van der Waals surface area contributed by atoms with Gasteiger partial charge in [-0.3, -0.25) is 4.79 Å². The second-order valence-corrected chi connectivity index (χ2v) is 6.34. The van der Waals surface area contributed by atoms with Crippen LogP contribution in [-0.4, -0.2) is 39.3 Å². The van der Waals surface area contributed by atoms with E-state index in [2.05, 4.69) is 10.2 Å². The van der Waals surface area contributed by atoms with Crippen molar-refractivity contribution in [1.82, 2.24) is 0 Å². The van der Waals surface area contributed by atoms with Crippen LogP contribution in [0.15, 0.2) is 36.4 Å². The smallest absolute Gasteiger partial charge is 0.228 e. The number of nitrogens with zero attached hydrogens (tertiary/aromatic N) is 1. The number of para-hydroxylation sites is 1. The summed E-state index contributed by atoms with van der Waals surface area (Å²) < 4.78 is 24.1. The molecule has 0 spiro atoms. The number of morpholine rings is 1. The maximum Gasteiger partial charge on any atom is 0.228 e. The largest absolute Gasteiger partial charge is 0.494 e. The number of carbonyl (C=O) groups is 1. The number of hydrogen-bond acceptors (Lipinski definition) is 4. The molecule has 2 aromatic rings. The topological polar surface area (TPSA) is 50.8 Å². The lowest BCUT2D eigenvalue weighted by atomic mass is 10.1. The molecule has 2 aromatic carbocycles. The summed E-state index contributed by atoms with van der Waals surface area (Å²) in [6.07, 6.45) is 0.0516. The summed E-state index contributed by atoms with van der Waals surface area (Å²) in [5.74, 6) is -0.584. The fraction of sp³-hybridized carbons (Fsp3) is 0.316. The fourth-order valence-corrected chi connectivity index (χ4v) is 3.22. The minimum Gasteiger partial charge on any atom is -0.494 e. The Balaban J connectivity index is 1.75. The third kappa shape index (κ3) is 4.26. The Hall–Kier alpha value is -2.31. The van der Waals surface area contributed by atoms with Gasteiger partial charge in [-0.05, 0) is 29.8 Å². The molecule has 1 N–H and O–H groups in total. The molecular weight excluding hydrogens is 359 g/mol. The van der Waals surface area contributed by atoms with Gasteiger partial charge in [0, 0.05) is 13.1 Å². The molecular formula is C19H20ClFN2O3. The predicted molar refractivity (Wildman–Crippen MR) is 99.8 cm³/mol. The van der Waals surface area contributed by atoms with Crippen molar-refractivity contribution < 1.29 is 18.7 Å². The first-order valence-electron chi connectivity index (χ1n) is 8.32. The Morgan fingerprint density at radius 1 is 1.31 bits per heavy atom. The average Bonchev–Trinajstić information content (AvgIpc) is 2.62. The van der Waals surface area contributed by atoms with Crippen molar-refractivity contribution >= 4 is 28.9 Å². The van der Waals surface area contributed by atoms with E-state index in [9.17, 15) is 9.18 Å². The van der Waals surface area contributed by atoms with E-state index < -0.39 is 5.82 Å². The maximum atomic E-state index is 13.8. The molecule has 0 aromatic heterocycles. The van der Waals surface area contributed by atoms with Crippen molar-refractivity contribution in [2.75, 3.05) is 43.6 Å². The molecule has 1 aliphatic heterocycles. The number of halogens is 2. The summed E-state index contributed by atoms with van der Waals surface area (Å²) in [7, 11) is 1.40. The van der Waals surface area contributed by atoms with E-state index in [1.165, 1.54) is 19.2 Å². The van der Waals surface area contributed by atoms with Gasteiger partial charge in [-0.15, -0.1) is 0 Å². The van der Waals surface area contributed by atoms with E-state index >= 15 is 0 Å². The summed E-state index contributed by atoms with van der Waals surface area (Å²) in [6, 6.07) is 9.87. The van der Waals surface area contributed by atoms with Crippen LogP contribution in [-0.2, 0) is 16.0 Å². The number of amides is 1. The molecule has 1 saturated heterocycles. The summed E-state index contributed by atoms with van der Waals surface area (Å²) in [6.45, 7) is 2.64. The highest BCUT2D eigenvalue weighted by atomic mass is 35.5. The Kier molecular flexibility index (Phi) is 5.96. The second kappa shape index (κ2) is 8.38. The highest BCUT2D eigenvalue weighted by molar-refractivity contribution is 6.34. The van der Waals surface area contributed by atoms with Crippen molar-refractivity contribution in [3.05, 3.63) is 52.8 Å². The van der Waals surface area contributed by atoms with Crippen molar-refractivity contribution in [3.63, 3.8) is 0 Å². The maximum absolute atomic E-state index is 13.8. The van der Waals surface area contributed by atoms with Gasteiger partial charge in [0.15, 0.2) is 11.6 Å². The first kappa shape index (κ1) is 18.5. The van der Waals surface area contributed by atoms with Gasteiger partial charge in [0.25, 0.3) is 0 Å². The lowest BCUT2D eigenvalue weighted by Gasteiger charge is -2.31. The van der Waals surface area contributed by atoms with E-state index in [1.54, 1.807) is 18.2 Å². The van der Waals surface area contributed by atoms with Crippen molar-refractivity contribution in [1.29, 1.82) is 0 Å². The number of nitrogens with one attached hydrogen (secondary N) is 1. The summed E-state index contributed by atoms with van der Waals surface area (Å²) in [5, 5.41) is 3.46. The van der Waals surface area contributed by atoms with Crippen LogP contribution in [0.5, 0.6) is 5.75 Å². The molecule has 0 bridgehead atoms. The molecule has 0 aliphatic carbocycles. The SMILES string of the molecule is COc1ccc(CC(=O)Nc2cccc(Cl)c2N2CCOCC2)cc1F. The van der Waals surface area contributed by atoms with Gasteiger partial charge in [0.1, 0.15) is 0 Å². The highest BCUT2D eigenvalue weighted by Crippen LogP contribution is 2.34. The molecule has 1 aliphatic rings. The lowest BCUT2D eigenvalue weighted by Crippen LogP contribution is -2.37. The zero-order valence-electron chi connectivity index (χ0n) is 14.4. The summed E-state index contributed by atoms with van der Waals surface area (Å²) in [4.78, 5) is 14.5. The van der Waals surface area contributed by atoms with E-state index in [0.29, 0.717) is 42.6 Å². The van der Waals surface area contributed by atoms with Crippen LogP contribution < -0.4 is 15.0 Å². The molecule has 1 fully saturated rings. The van der Waals surface area contributed by atoms with Crippen LogP contribution in [0.2, 0.25) is 5.02 Å². The van der Waals surface area contributed by atoms with Crippen LogP contribution in [0, 0.1) is 5.82 Å². The standard InChI is InChI=1S/C19H20ClFN2O3/c1-25-17-6-5-13(11-15(17)21)12-18(24)22-16-4-2-3-14(20)19(16)23-7-9-26-10-8-23/h2-6,11H,7-10,12H2,1H3,(H,22,24). The number of benzene rings is 2. The summed E-state index contributed by atoms with van der Waals surface area (Å²) in [5.41, 5.74) is 1.99. The molecule has 1 heterocycles. The molecule has 3 rings (SSSR count). The molecule has 0 radical (unpaired) electrons. The fourth-order valence-electron chi connectivity index (χ4n) is 2.92. The second-order valence-electron chi connectivity index (χ2n) is 5.93. The highest BCUT2D eigenvalue weighted by Gasteiger charge is 2.19. The van der Waals surface area contributed by atoms with Gasteiger partial charge in [-0.1, -0.05) is 23.7 Å². The van der Waals surface area contributed by atoms with E-state index in [1.807, 2.05) is 6.07 Å². The first-order valence-corrected chi connectivity index (χ1v) is 8.69. The number of hydrogen-bond donors (Lipinski definition) is 1. The third-order valence-corrected chi connectivity index (χ3v) is 4.47. The van der Waals surface area contributed by atoms with E-state index in [0.717, 1.165) is 5.69 Å². The molecule has 0 saturated carbocycles. The molecule has 7 heteroatoms. The Morgan fingerprint density at radius 3 is 2.77 bits per heavy atom. The molecule has 5 nitrogen and oxygen atoms in total. The Bertz CT molecular complexity index is 794. The number of ether oxygens (including phenoxy) is 2. The van der Waals surface area contributed by atoms with Crippen LogP contribution in [0.1, 0.15) is 5.56 Å². The summed E-state index contributed by atoms with van der Waals surface area (Å²) >= 11 is 6.36. The van der Waals surface area contributed by atoms with Gasteiger partial charge in [0.2, 0.25) is 5.91 Å². The van der Waals surface area contributed by atoms with Gasteiger partial charge in [-0.25, -0.2) is 4.39 Å². The zero-order valence-corrected chi connectivity index (χ0v) is 15.2. The lowest BCUT2D eigenvalue weighted by molar-refractivity contribution is -0.115. The number of anilines is 2. The number of rotatable bonds is 5. The van der Waals surface area contributed by atoms with Crippen LogP contribution >= 0.6 is 11.6 Å². The monoisotopic (exact) mass is 378 g/mol. The normalized spacial score (nSPS) is 14.2. The Morgan fingerprint density at radius 2 is 2.08 bits per heavy atom. The number of carbonyl (C=O) groups excluding carboxylic acids is 1. The minimum atomic E-state index is -0.491. The quantitative estimate of drug-likeness (QED) is 0.865. The molecule has 0 atom stereocenters. The van der Waals surface area contributed by atoms with Crippen molar-refractivity contribution in [2.24, 2.45) is 0 Å². The molecule has 0 unspecified atom stereocenters. The van der Waals surface area contributed by atoms with Crippen molar-refractivity contribution in [3.8, 4) is 5.75 Å². The third-order valence-electron chi connectivity index (χ3n) is 4.17. The molecule has 26 heavy (non-hydrogen) atoms. The van der Waals surface area contributed by atoms with Crippen LogP contribution in [0.25, 0.3) is 0 Å². The van der Waals surface area contributed by atoms with Gasteiger partial charge in [0.05, 0.1) is 43.1 Å². The van der Waals surface area contributed by atoms with Gasteiger partial charge < -0.3 is 19.7 Å². The zero-order chi connectivity index (χ0) is 18.5. The van der Waals surface area contributed by atoms with Crippen LogP contribution in [0.4, 0.5) is 15.8 Å². The molecule has 138 valence electrons. The van der Waals surface area contributed by atoms with Gasteiger partial charge in [-0.2, -0.15) is 0 Å². The van der Waals surface area contributed by atoms with Crippen molar-refractivity contribution in [2.45, 2.75) is 6.42 Å². The molecule has 1 amide bonds. The Labute approximate surface area is 156 Å². The van der Waals surface area contributed by atoms with E-state index in [-0.39, 0.29) is 18.1 Å².